The number of anilines is 2. The van der Waals surface area contributed by atoms with Crippen molar-refractivity contribution in [2.45, 2.75) is 19.8 Å². The molecule has 1 fully saturated rings. The van der Waals surface area contributed by atoms with Gasteiger partial charge in [0.1, 0.15) is 23.4 Å². The number of pyridine rings is 1. The summed E-state index contributed by atoms with van der Waals surface area (Å²) in [5, 5.41) is 12.4. The summed E-state index contributed by atoms with van der Waals surface area (Å²) in [7, 11) is 0. The number of amides is 1. The molecule has 1 aliphatic heterocycles. The van der Waals surface area contributed by atoms with Crippen LogP contribution in [0.1, 0.15) is 25.3 Å². The number of ether oxygens (including phenoxy) is 2. The minimum absolute atomic E-state index is 0.0637. The summed E-state index contributed by atoms with van der Waals surface area (Å²) in [5.74, 6) is 2.53. The standard InChI is InChI=1S/C26H25ClN4O3/c1-2-33-21-5-7-22(8-6-21)34-24-9-4-20(27)15-23(24)30-26(32)19-11-13-31(14-12-19)25-10-3-18(16-28)17-29-25/h3-10,15,17,19H,2,11-14H2,1H3,(H,30,32). The first-order valence-corrected chi connectivity index (χ1v) is 11.6. The zero-order chi connectivity index (χ0) is 23.9. The van der Waals surface area contributed by atoms with E-state index in [0.717, 1.165) is 11.6 Å². The van der Waals surface area contributed by atoms with Gasteiger partial charge in [0.2, 0.25) is 5.91 Å². The van der Waals surface area contributed by atoms with Crippen LogP contribution in [0.4, 0.5) is 11.5 Å². The van der Waals surface area contributed by atoms with E-state index in [1.165, 1.54) is 0 Å². The van der Waals surface area contributed by atoms with Crippen molar-refractivity contribution in [3.63, 3.8) is 0 Å². The van der Waals surface area contributed by atoms with E-state index in [4.69, 9.17) is 26.3 Å². The van der Waals surface area contributed by atoms with Gasteiger partial charge in [-0.05, 0) is 74.4 Å². The molecular weight excluding hydrogens is 452 g/mol. The van der Waals surface area contributed by atoms with E-state index in [2.05, 4.69) is 21.3 Å². The fraction of sp³-hybridized carbons (Fsp3) is 0.269. The topological polar surface area (TPSA) is 87.5 Å². The molecule has 0 radical (unpaired) electrons. The van der Waals surface area contributed by atoms with Crippen LogP contribution in [0.2, 0.25) is 5.02 Å². The maximum Gasteiger partial charge on any atom is 0.227 e. The number of halogens is 1. The highest BCUT2D eigenvalue weighted by molar-refractivity contribution is 6.31. The third-order valence-corrected chi connectivity index (χ3v) is 5.86. The Morgan fingerprint density at radius 2 is 1.88 bits per heavy atom. The molecule has 0 aliphatic carbocycles. The molecule has 3 aromatic rings. The number of hydrogen-bond donors (Lipinski definition) is 1. The first-order chi connectivity index (χ1) is 16.6. The molecule has 8 heteroatoms. The number of nitrogens with zero attached hydrogens (tertiary/aromatic N) is 3. The van der Waals surface area contributed by atoms with Gasteiger partial charge < -0.3 is 19.7 Å². The molecule has 1 aromatic heterocycles. The molecule has 4 rings (SSSR count). The van der Waals surface area contributed by atoms with E-state index >= 15 is 0 Å². The summed E-state index contributed by atoms with van der Waals surface area (Å²) >= 11 is 6.20. The summed E-state index contributed by atoms with van der Waals surface area (Å²) in [6, 6.07) is 18.1. The smallest absolute Gasteiger partial charge is 0.227 e. The molecule has 0 spiro atoms. The van der Waals surface area contributed by atoms with E-state index in [1.54, 1.807) is 30.5 Å². The molecule has 1 aliphatic rings. The summed E-state index contributed by atoms with van der Waals surface area (Å²) < 4.78 is 11.5. The third-order valence-electron chi connectivity index (χ3n) is 5.63. The molecular formula is C26H25ClN4O3. The zero-order valence-corrected chi connectivity index (χ0v) is 19.6. The molecule has 2 heterocycles. The van der Waals surface area contributed by atoms with Gasteiger partial charge in [-0.15, -0.1) is 0 Å². The molecule has 1 amide bonds. The lowest BCUT2D eigenvalue weighted by molar-refractivity contribution is -0.120. The number of nitrogens with one attached hydrogen (secondary N) is 1. The molecule has 1 N–H and O–H groups in total. The van der Waals surface area contributed by atoms with Crippen LogP contribution < -0.4 is 19.7 Å². The van der Waals surface area contributed by atoms with Crippen LogP contribution in [0, 0.1) is 17.2 Å². The lowest BCUT2D eigenvalue weighted by Crippen LogP contribution is -2.38. The fourth-order valence-corrected chi connectivity index (χ4v) is 4.00. The van der Waals surface area contributed by atoms with Crippen LogP contribution >= 0.6 is 11.6 Å². The predicted octanol–water partition coefficient (Wildman–Crippen LogP) is 5.65. The van der Waals surface area contributed by atoms with Crippen LogP contribution in [0.5, 0.6) is 17.2 Å². The lowest BCUT2D eigenvalue weighted by Gasteiger charge is -2.32. The average Bonchev–Trinajstić information content (AvgIpc) is 2.87. The molecule has 2 aromatic carbocycles. The first kappa shape index (κ1) is 23.4. The number of carbonyl (C=O) groups excluding carboxylic acids is 1. The predicted molar refractivity (Wildman–Crippen MR) is 132 cm³/mol. The monoisotopic (exact) mass is 476 g/mol. The maximum absolute atomic E-state index is 13.0. The normalized spacial score (nSPS) is 13.7. The van der Waals surface area contributed by atoms with Crippen LogP contribution in [0.25, 0.3) is 0 Å². The molecule has 34 heavy (non-hydrogen) atoms. The van der Waals surface area contributed by atoms with Crippen molar-refractivity contribution < 1.29 is 14.3 Å². The van der Waals surface area contributed by atoms with Crippen molar-refractivity contribution in [3.05, 3.63) is 71.4 Å². The highest BCUT2D eigenvalue weighted by Gasteiger charge is 2.26. The quantitative estimate of drug-likeness (QED) is 0.474. The summed E-state index contributed by atoms with van der Waals surface area (Å²) in [5.41, 5.74) is 1.06. The number of carbonyl (C=O) groups is 1. The SMILES string of the molecule is CCOc1ccc(Oc2ccc(Cl)cc2NC(=O)C2CCN(c3ccc(C#N)cn3)CC2)cc1. The lowest BCUT2D eigenvalue weighted by atomic mass is 9.95. The van der Waals surface area contributed by atoms with Crippen molar-refractivity contribution in [3.8, 4) is 23.3 Å². The number of nitriles is 1. The van der Waals surface area contributed by atoms with E-state index in [0.29, 0.717) is 60.3 Å². The van der Waals surface area contributed by atoms with Gasteiger partial charge in [-0.3, -0.25) is 4.79 Å². The van der Waals surface area contributed by atoms with E-state index in [9.17, 15) is 4.79 Å². The second-order valence-electron chi connectivity index (χ2n) is 7.91. The Balaban J connectivity index is 1.39. The highest BCUT2D eigenvalue weighted by Crippen LogP contribution is 2.34. The summed E-state index contributed by atoms with van der Waals surface area (Å²) in [6.45, 7) is 3.95. The largest absolute Gasteiger partial charge is 0.494 e. The summed E-state index contributed by atoms with van der Waals surface area (Å²) in [6.07, 6.45) is 2.96. The Labute approximate surface area is 203 Å². The Kier molecular flexibility index (Phi) is 7.51. The van der Waals surface area contributed by atoms with Gasteiger partial charge in [0.15, 0.2) is 5.75 Å². The molecule has 0 atom stereocenters. The van der Waals surface area contributed by atoms with Gasteiger partial charge in [-0.1, -0.05) is 11.6 Å². The van der Waals surface area contributed by atoms with Gasteiger partial charge >= 0.3 is 0 Å². The van der Waals surface area contributed by atoms with Gasteiger partial charge in [0.25, 0.3) is 0 Å². The van der Waals surface area contributed by atoms with Gasteiger partial charge in [0.05, 0.1) is 17.9 Å². The van der Waals surface area contributed by atoms with Crippen molar-refractivity contribution in [1.29, 1.82) is 5.26 Å². The van der Waals surface area contributed by atoms with Gasteiger partial charge in [-0.2, -0.15) is 5.26 Å². The van der Waals surface area contributed by atoms with Crippen LogP contribution in [-0.2, 0) is 4.79 Å². The van der Waals surface area contributed by atoms with E-state index in [1.807, 2.05) is 37.3 Å². The molecule has 7 nitrogen and oxygen atoms in total. The Morgan fingerprint density at radius 1 is 1.15 bits per heavy atom. The number of piperidine rings is 1. The fourth-order valence-electron chi connectivity index (χ4n) is 3.83. The maximum atomic E-state index is 13.0. The van der Waals surface area contributed by atoms with Crippen LogP contribution in [0.15, 0.2) is 60.8 Å². The minimum Gasteiger partial charge on any atom is -0.494 e. The Bertz CT molecular complexity index is 1170. The molecule has 0 bridgehead atoms. The number of aromatic nitrogens is 1. The highest BCUT2D eigenvalue weighted by atomic mass is 35.5. The number of rotatable bonds is 7. The molecule has 0 saturated carbocycles. The van der Waals surface area contributed by atoms with Crippen LogP contribution in [-0.4, -0.2) is 30.6 Å². The Hall–Kier alpha value is -3.76. The van der Waals surface area contributed by atoms with Gasteiger partial charge in [-0.25, -0.2) is 4.98 Å². The van der Waals surface area contributed by atoms with Crippen molar-refractivity contribution in [2.75, 3.05) is 29.9 Å². The average molecular weight is 477 g/mol. The third kappa shape index (κ3) is 5.77. The number of benzene rings is 2. The van der Waals surface area contributed by atoms with Gasteiger partial charge in [0, 0.05) is 30.2 Å². The first-order valence-electron chi connectivity index (χ1n) is 11.2. The Morgan fingerprint density at radius 3 is 2.53 bits per heavy atom. The minimum atomic E-state index is -0.132. The molecule has 1 saturated heterocycles. The van der Waals surface area contributed by atoms with Crippen molar-refractivity contribution in [2.24, 2.45) is 5.92 Å². The zero-order valence-electron chi connectivity index (χ0n) is 18.8. The second kappa shape index (κ2) is 10.9. The molecule has 0 unspecified atom stereocenters. The van der Waals surface area contributed by atoms with Crippen LogP contribution in [0.3, 0.4) is 0 Å². The molecule has 174 valence electrons. The second-order valence-corrected chi connectivity index (χ2v) is 8.35. The number of hydrogen-bond acceptors (Lipinski definition) is 6. The van der Waals surface area contributed by atoms with E-state index < -0.39 is 0 Å². The van der Waals surface area contributed by atoms with Crippen molar-refractivity contribution in [1.82, 2.24) is 4.98 Å². The van der Waals surface area contributed by atoms with Crippen molar-refractivity contribution >= 4 is 29.0 Å². The van der Waals surface area contributed by atoms with E-state index in [-0.39, 0.29) is 11.8 Å². The summed E-state index contributed by atoms with van der Waals surface area (Å²) in [4.78, 5) is 19.5.